The zero-order chi connectivity index (χ0) is 16.6. The summed E-state index contributed by atoms with van der Waals surface area (Å²) in [5.41, 5.74) is 0. The van der Waals surface area contributed by atoms with Crippen LogP contribution in [0.4, 0.5) is 13.2 Å². The largest absolute Gasteiger partial charge is 0.315 e. The van der Waals surface area contributed by atoms with Gasteiger partial charge in [-0.05, 0) is 14.1 Å². The van der Waals surface area contributed by atoms with Crippen LogP contribution >= 0.6 is 37.9 Å². The molecule has 0 aromatic carbocycles. The van der Waals surface area contributed by atoms with Gasteiger partial charge in [0.2, 0.25) is 0 Å². The molecule has 3 atom stereocenters. The lowest BCUT2D eigenvalue weighted by Crippen LogP contribution is -2.61. The molecule has 21 heavy (non-hydrogen) atoms. The lowest BCUT2D eigenvalue weighted by Gasteiger charge is -2.33. The molecule has 0 rings (SSSR count). The van der Waals surface area contributed by atoms with E-state index in [1.807, 2.05) is 0 Å². The molecule has 0 saturated heterocycles. The van der Waals surface area contributed by atoms with Crippen molar-refractivity contribution >= 4 is 37.9 Å². The maximum Gasteiger partial charge on any atom is 0.183 e. The average Bonchev–Trinajstić information content (AvgIpc) is 2.51. The number of thiol groups is 3. The maximum atomic E-state index is 14.5. The summed E-state index contributed by atoms with van der Waals surface area (Å²) in [6.07, 6.45) is 0. The molecular weight excluding hydrogens is 341 g/mol. The van der Waals surface area contributed by atoms with E-state index in [-0.39, 0.29) is 36.9 Å². The Labute approximate surface area is 141 Å². The van der Waals surface area contributed by atoms with Gasteiger partial charge in [0.15, 0.2) is 17.4 Å². The molecule has 10 heteroatoms. The van der Waals surface area contributed by atoms with E-state index in [2.05, 4.69) is 59.2 Å². The van der Waals surface area contributed by atoms with Crippen molar-refractivity contribution in [3.63, 3.8) is 0 Å². The van der Waals surface area contributed by atoms with E-state index in [0.29, 0.717) is 0 Å². The fourth-order valence-electron chi connectivity index (χ4n) is 1.45. The van der Waals surface area contributed by atoms with Crippen LogP contribution < -0.4 is 21.3 Å². The predicted octanol–water partition coefficient (Wildman–Crippen LogP) is 0.391. The SMILES string of the molecule is CNC[C@](F)(CS)NC[C@](F)(CS)NC[C@](F)(CS)NC. The number of halogens is 3. The van der Waals surface area contributed by atoms with E-state index in [4.69, 9.17) is 0 Å². The lowest BCUT2D eigenvalue weighted by molar-refractivity contribution is 0.0593. The number of hydrogen-bond donors (Lipinski definition) is 7. The summed E-state index contributed by atoms with van der Waals surface area (Å²) in [5, 5.41) is 9.95. The second-order valence-corrected chi connectivity index (χ2v) is 5.81. The Morgan fingerprint density at radius 3 is 1.43 bits per heavy atom. The highest BCUT2D eigenvalue weighted by atomic mass is 32.1. The van der Waals surface area contributed by atoms with Gasteiger partial charge >= 0.3 is 0 Å². The monoisotopic (exact) mass is 366 g/mol. The van der Waals surface area contributed by atoms with Gasteiger partial charge in [-0.1, -0.05) is 0 Å². The first-order chi connectivity index (χ1) is 9.72. The fraction of sp³-hybridized carbons (Fsp3) is 1.00. The van der Waals surface area contributed by atoms with Gasteiger partial charge in [0.1, 0.15) is 0 Å². The van der Waals surface area contributed by atoms with E-state index in [9.17, 15) is 13.2 Å². The summed E-state index contributed by atoms with van der Waals surface area (Å²) in [5.74, 6) is -6.28. The van der Waals surface area contributed by atoms with Gasteiger partial charge in [-0.3, -0.25) is 16.0 Å². The Balaban J connectivity index is 4.59. The summed E-state index contributed by atoms with van der Waals surface area (Å²) >= 11 is 11.7. The molecule has 0 spiro atoms. The zero-order valence-electron chi connectivity index (χ0n) is 12.2. The Hall–Kier alpha value is 0.680. The summed E-state index contributed by atoms with van der Waals surface area (Å²) in [6, 6.07) is 0. The van der Waals surface area contributed by atoms with Crippen LogP contribution in [0.1, 0.15) is 0 Å². The van der Waals surface area contributed by atoms with E-state index < -0.39 is 17.4 Å². The smallest absolute Gasteiger partial charge is 0.183 e. The Kier molecular flexibility index (Phi) is 10.1. The van der Waals surface area contributed by atoms with Crippen molar-refractivity contribution in [1.82, 2.24) is 21.3 Å². The minimum Gasteiger partial charge on any atom is -0.315 e. The molecule has 4 N–H and O–H groups in total. The lowest BCUT2D eigenvalue weighted by atomic mass is 10.2. The summed E-state index contributed by atoms with van der Waals surface area (Å²) in [6.45, 7) is -0.723. The van der Waals surface area contributed by atoms with Crippen LogP contribution in [0.3, 0.4) is 0 Å². The van der Waals surface area contributed by atoms with E-state index in [1.54, 1.807) is 7.05 Å². The molecule has 0 heterocycles. The highest BCUT2D eigenvalue weighted by molar-refractivity contribution is 7.80. The predicted molar refractivity (Wildman–Crippen MR) is 92.1 cm³/mol. The topological polar surface area (TPSA) is 48.1 Å². The number of alkyl halides is 3. The highest BCUT2D eigenvalue weighted by Gasteiger charge is 2.36. The number of rotatable bonds is 12. The average molecular weight is 367 g/mol. The van der Waals surface area contributed by atoms with Crippen molar-refractivity contribution in [2.45, 2.75) is 17.4 Å². The molecule has 128 valence electrons. The number of nitrogens with one attached hydrogen (secondary N) is 4. The van der Waals surface area contributed by atoms with E-state index in [0.717, 1.165) is 0 Å². The molecule has 0 amide bonds. The first-order valence-electron chi connectivity index (χ1n) is 6.45. The van der Waals surface area contributed by atoms with Crippen LogP contribution in [0.5, 0.6) is 0 Å². The van der Waals surface area contributed by atoms with Gasteiger partial charge in [0, 0.05) is 36.9 Å². The molecule has 0 aliphatic carbocycles. The first-order valence-corrected chi connectivity index (χ1v) is 8.34. The van der Waals surface area contributed by atoms with Crippen LogP contribution in [0.25, 0.3) is 0 Å². The van der Waals surface area contributed by atoms with Crippen molar-refractivity contribution in [3.8, 4) is 0 Å². The summed E-state index contributed by atoms with van der Waals surface area (Å²) in [7, 11) is 2.99. The highest BCUT2D eigenvalue weighted by Crippen LogP contribution is 2.15. The molecule has 0 radical (unpaired) electrons. The number of hydrogen-bond acceptors (Lipinski definition) is 7. The Morgan fingerprint density at radius 2 is 1.10 bits per heavy atom. The first kappa shape index (κ1) is 21.7. The third-order valence-electron chi connectivity index (χ3n) is 3.03. The molecule has 0 aliphatic heterocycles. The molecule has 4 nitrogen and oxygen atoms in total. The Bertz CT molecular complexity index is 300. The maximum absolute atomic E-state index is 14.5. The molecule has 0 unspecified atom stereocenters. The molecule has 0 aromatic heterocycles. The van der Waals surface area contributed by atoms with Gasteiger partial charge < -0.3 is 5.32 Å². The van der Waals surface area contributed by atoms with Crippen LogP contribution in [0.15, 0.2) is 0 Å². The van der Waals surface area contributed by atoms with Gasteiger partial charge in [-0.25, -0.2) is 13.2 Å². The van der Waals surface area contributed by atoms with Gasteiger partial charge in [0.25, 0.3) is 0 Å². The quantitative estimate of drug-likeness (QED) is 0.202. The summed E-state index contributed by atoms with van der Waals surface area (Å²) < 4.78 is 42.8. The second kappa shape index (κ2) is 9.74. The van der Waals surface area contributed by atoms with Crippen LogP contribution in [-0.2, 0) is 0 Å². The summed E-state index contributed by atoms with van der Waals surface area (Å²) in [4.78, 5) is 0. The minimum absolute atomic E-state index is 0.0284. The van der Waals surface area contributed by atoms with Crippen LogP contribution in [0, 0.1) is 0 Å². The fourth-order valence-corrected chi connectivity index (χ4v) is 2.17. The van der Waals surface area contributed by atoms with E-state index >= 15 is 0 Å². The standard InChI is InChI=1S/C11H25F3N4S3/c1-15-3-10(13,7-20)18-5-11(14,8-21)17-4-9(12,6-19)16-2/h15-21H,3-8H2,1-2H3/t9-,10-,11-/m1/s1. The van der Waals surface area contributed by atoms with Crippen molar-refractivity contribution in [3.05, 3.63) is 0 Å². The van der Waals surface area contributed by atoms with Crippen molar-refractivity contribution < 1.29 is 13.2 Å². The molecule has 0 aliphatic rings. The minimum atomic E-state index is -2.06. The van der Waals surface area contributed by atoms with Crippen LogP contribution in [0.2, 0.25) is 0 Å². The van der Waals surface area contributed by atoms with Crippen molar-refractivity contribution in [2.24, 2.45) is 0 Å². The second-order valence-electron chi connectivity index (χ2n) is 4.86. The normalized spacial score (nSPS) is 20.6. The molecule has 0 aromatic rings. The van der Waals surface area contributed by atoms with Crippen molar-refractivity contribution in [2.75, 3.05) is 51.0 Å². The van der Waals surface area contributed by atoms with Gasteiger partial charge in [-0.15, -0.1) is 0 Å². The molecule has 0 fully saturated rings. The zero-order valence-corrected chi connectivity index (χ0v) is 14.9. The number of likely N-dealkylation sites (N-methyl/N-ethyl adjacent to an activating group) is 2. The molecule has 0 saturated carbocycles. The third kappa shape index (κ3) is 7.67. The molecule has 0 bridgehead atoms. The van der Waals surface area contributed by atoms with Crippen molar-refractivity contribution in [1.29, 1.82) is 0 Å². The van der Waals surface area contributed by atoms with Gasteiger partial charge in [-0.2, -0.15) is 37.9 Å². The molecular formula is C11H25F3N4S3. The Morgan fingerprint density at radius 1 is 0.714 bits per heavy atom. The van der Waals surface area contributed by atoms with Gasteiger partial charge in [0.05, 0.1) is 0 Å². The van der Waals surface area contributed by atoms with E-state index in [1.165, 1.54) is 7.05 Å². The third-order valence-corrected chi connectivity index (χ3v) is 4.53. The van der Waals surface area contributed by atoms with Crippen LogP contribution in [-0.4, -0.2) is 68.4 Å².